The molecule has 44 heavy (non-hydrogen) atoms. The average Bonchev–Trinajstić information content (AvgIpc) is 3.48. The number of piperazine rings is 1. The van der Waals surface area contributed by atoms with Gasteiger partial charge in [0, 0.05) is 39.3 Å². The highest BCUT2D eigenvalue weighted by atomic mass is 19.1. The number of aldehydes is 1. The lowest BCUT2D eigenvalue weighted by molar-refractivity contribution is -0.147. The van der Waals surface area contributed by atoms with Crippen molar-refractivity contribution < 1.29 is 33.1 Å². The maximum atomic E-state index is 13.2. The van der Waals surface area contributed by atoms with Crippen molar-refractivity contribution in [2.24, 2.45) is 5.92 Å². The first kappa shape index (κ1) is 30.6. The summed E-state index contributed by atoms with van der Waals surface area (Å²) in [5, 5.41) is 19.2. The number of fused-ring (bicyclic) bond motifs is 2. The molecule has 1 saturated carbocycles. The number of aromatic hydroxyl groups is 1. The summed E-state index contributed by atoms with van der Waals surface area (Å²) >= 11 is 0. The maximum absolute atomic E-state index is 13.2. The van der Waals surface area contributed by atoms with Gasteiger partial charge < -0.3 is 30.4 Å². The molecular formula is C30H33FN6O7. The second kappa shape index (κ2) is 13.2. The molecule has 232 valence electrons. The molecule has 3 aromatic rings. The molecule has 2 fully saturated rings. The van der Waals surface area contributed by atoms with Gasteiger partial charge in [-0.15, -0.1) is 0 Å². The van der Waals surface area contributed by atoms with Crippen LogP contribution in [0.3, 0.4) is 0 Å². The molecule has 0 atom stereocenters. The van der Waals surface area contributed by atoms with Crippen LogP contribution in [0.15, 0.2) is 51.9 Å². The fraction of sp³-hybridized carbons (Fsp3) is 0.400. The summed E-state index contributed by atoms with van der Waals surface area (Å²) in [6, 6.07) is 8.81. The summed E-state index contributed by atoms with van der Waals surface area (Å²) in [6.07, 6.45) is 4.41. The number of hydrogen-bond acceptors (Lipinski definition) is 9. The molecule has 4 N–H and O–H groups in total. The van der Waals surface area contributed by atoms with Crippen LogP contribution in [-0.4, -0.2) is 69.7 Å². The quantitative estimate of drug-likeness (QED) is 0.244. The third-order valence-corrected chi connectivity index (χ3v) is 8.16. The lowest BCUT2D eigenvalue weighted by Gasteiger charge is -2.37. The van der Waals surface area contributed by atoms with E-state index in [-0.39, 0.29) is 18.3 Å². The summed E-state index contributed by atoms with van der Waals surface area (Å²) < 4.78 is 19.1. The number of benzene rings is 1. The standard InChI is InChI=1S/C25H29FN6O5.C5H4O2/c26-17-3-1-15(2-4-17)13-28-20(34)18-19(33)22(36)32-14-16-5-7-25(8-6-16,24(32)29-18)30-21(35)23(37)31-11-9-27-10-12-31;6-4-5-2-1-3-7-5/h1-4,16,27,33H,5-14H2,(H,28,34)(H,30,35);1-4H. The van der Waals surface area contributed by atoms with Gasteiger partial charge in [-0.1, -0.05) is 12.1 Å². The van der Waals surface area contributed by atoms with Gasteiger partial charge >= 0.3 is 11.8 Å². The van der Waals surface area contributed by atoms with E-state index >= 15 is 0 Å². The van der Waals surface area contributed by atoms with Crippen LogP contribution in [0.2, 0.25) is 0 Å². The van der Waals surface area contributed by atoms with Crippen molar-refractivity contribution in [2.45, 2.75) is 44.3 Å². The van der Waals surface area contributed by atoms with Gasteiger partial charge in [0.15, 0.2) is 17.7 Å². The molecule has 3 aliphatic heterocycles. The van der Waals surface area contributed by atoms with E-state index in [0.29, 0.717) is 76.0 Å². The maximum Gasteiger partial charge on any atom is 0.311 e. The number of furan rings is 1. The average molecular weight is 609 g/mol. The molecule has 1 aliphatic carbocycles. The molecule has 3 amide bonds. The Labute approximate surface area is 251 Å². The number of hydrogen-bond donors (Lipinski definition) is 4. The van der Waals surface area contributed by atoms with E-state index in [2.05, 4.69) is 25.4 Å². The molecule has 2 bridgehead atoms. The molecule has 1 saturated heterocycles. The second-order valence-electron chi connectivity index (χ2n) is 11.0. The molecule has 1 aromatic carbocycles. The number of amides is 3. The number of nitrogens with zero attached hydrogens (tertiary/aromatic N) is 3. The molecule has 0 spiro atoms. The summed E-state index contributed by atoms with van der Waals surface area (Å²) in [5.41, 5.74) is -1.72. The molecule has 14 heteroatoms. The van der Waals surface area contributed by atoms with E-state index in [1.54, 1.807) is 12.1 Å². The zero-order valence-electron chi connectivity index (χ0n) is 23.9. The third kappa shape index (κ3) is 6.54. The first-order valence-electron chi connectivity index (χ1n) is 14.4. The summed E-state index contributed by atoms with van der Waals surface area (Å²) in [7, 11) is 0. The summed E-state index contributed by atoms with van der Waals surface area (Å²) in [4.78, 5) is 67.8. The van der Waals surface area contributed by atoms with Crippen LogP contribution < -0.4 is 21.5 Å². The molecule has 4 aliphatic rings. The normalized spacial score (nSPS) is 20.4. The SMILES string of the molecule is O=C(NC12CCC(CC1)Cn1c2nc(C(=O)NCc2ccc(F)cc2)c(O)c1=O)C(=O)N1CCNCC1.O=Cc1ccco1. The fourth-order valence-electron chi connectivity index (χ4n) is 5.76. The van der Waals surface area contributed by atoms with Crippen LogP contribution in [0.25, 0.3) is 0 Å². The van der Waals surface area contributed by atoms with Gasteiger partial charge in [0.2, 0.25) is 5.75 Å². The number of carbonyl (C=O) groups is 4. The number of nitrogens with one attached hydrogen (secondary N) is 3. The highest BCUT2D eigenvalue weighted by molar-refractivity contribution is 6.35. The zero-order valence-corrected chi connectivity index (χ0v) is 23.9. The third-order valence-electron chi connectivity index (χ3n) is 8.16. The first-order valence-corrected chi connectivity index (χ1v) is 14.4. The van der Waals surface area contributed by atoms with Gasteiger partial charge in [-0.2, -0.15) is 0 Å². The molecule has 5 heterocycles. The van der Waals surface area contributed by atoms with E-state index in [1.165, 1.54) is 40.0 Å². The topological polar surface area (TPSA) is 176 Å². The Bertz CT molecular complexity index is 1570. The van der Waals surface area contributed by atoms with E-state index < -0.39 is 46.1 Å². The van der Waals surface area contributed by atoms with Crippen LogP contribution in [-0.2, 0) is 28.2 Å². The Kier molecular flexibility index (Phi) is 9.18. The molecule has 0 unspecified atom stereocenters. The van der Waals surface area contributed by atoms with Gasteiger partial charge in [-0.05, 0) is 61.4 Å². The van der Waals surface area contributed by atoms with E-state index in [0.717, 1.165) is 0 Å². The van der Waals surface area contributed by atoms with Gasteiger partial charge in [0.25, 0.3) is 11.5 Å². The van der Waals surface area contributed by atoms with Crippen LogP contribution >= 0.6 is 0 Å². The Morgan fingerprint density at radius 3 is 2.45 bits per heavy atom. The first-order chi connectivity index (χ1) is 21.2. The largest absolute Gasteiger partial charge is 0.501 e. The smallest absolute Gasteiger partial charge is 0.311 e. The Morgan fingerprint density at radius 1 is 1.14 bits per heavy atom. The van der Waals surface area contributed by atoms with Gasteiger partial charge in [-0.3, -0.25) is 28.5 Å². The lowest BCUT2D eigenvalue weighted by atomic mass is 9.77. The van der Waals surface area contributed by atoms with Crippen molar-refractivity contribution in [1.82, 2.24) is 30.4 Å². The molecular weight excluding hydrogens is 575 g/mol. The minimum atomic E-state index is -1.12. The monoisotopic (exact) mass is 608 g/mol. The Balaban J connectivity index is 0.000000484. The summed E-state index contributed by atoms with van der Waals surface area (Å²) in [5.74, 6) is -2.70. The van der Waals surface area contributed by atoms with Crippen LogP contribution in [0.5, 0.6) is 5.75 Å². The molecule has 0 radical (unpaired) electrons. The predicted molar refractivity (Wildman–Crippen MR) is 153 cm³/mol. The second-order valence-corrected chi connectivity index (χ2v) is 11.0. The number of carbonyl (C=O) groups excluding carboxylic acids is 4. The Morgan fingerprint density at radius 2 is 1.84 bits per heavy atom. The van der Waals surface area contributed by atoms with Crippen LogP contribution in [0.1, 0.15) is 58.1 Å². The molecule has 2 aromatic heterocycles. The summed E-state index contributed by atoms with van der Waals surface area (Å²) in [6.45, 7) is 2.36. The minimum absolute atomic E-state index is 0.0296. The van der Waals surface area contributed by atoms with E-state index in [4.69, 9.17) is 0 Å². The lowest BCUT2D eigenvalue weighted by Crippen LogP contribution is -2.56. The van der Waals surface area contributed by atoms with Crippen molar-refractivity contribution in [2.75, 3.05) is 26.2 Å². The molecule has 7 rings (SSSR count). The fourth-order valence-corrected chi connectivity index (χ4v) is 5.76. The number of halogens is 1. The van der Waals surface area contributed by atoms with Crippen LogP contribution in [0, 0.1) is 11.7 Å². The van der Waals surface area contributed by atoms with Gasteiger partial charge in [-0.25, -0.2) is 9.37 Å². The number of aromatic nitrogens is 2. The van der Waals surface area contributed by atoms with E-state index in [1.807, 2.05) is 0 Å². The van der Waals surface area contributed by atoms with Crippen molar-refractivity contribution in [1.29, 1.82) is 0 Å². The highest BCUT2D eigenvalue weighted by Crippen LogP contribution is 2.43. The predicted octanol–water partition coefficient (Wildman–Crippen LogP) is 1.06. The number of rotatable bonds is 5. The van der Waals surface area contributed by atoms with Gasteiger partial charge in [0.1, 0.15) is 11.6 Å². The molecule has 13 nitrogen and oxygen atoms in total. The zero-order chi connectivity index (χ0) is 31.3. The van der Waals surface area contributed by atoms with Crippen LogP contribution in [0.4, 0.5) is 4.39 Å². The van der Waals surface area contributed by atoms with Crippen molar-refractivity contribution in [3.8, 4) is 5.75 Å². The highest BCUT2D eigenvalue weighted by Gasteiger charge is 2.47. The minimum Gasteiger partial charge on any atom is -0.501 e. The van der Waals surface area contributed by atoms with E-state index in [9.17, 15) is 33.5 Å². The van der Waals surface area contributed by atoms with Crippen molar-refractivity contribution in [3.63, 3.8) is 0 Å². The van der Waals surface area contributed by atoms with Crippen molar-refractivity contribution in [3.05, 3.63) is 81.7 Å². The van der Waals surface area contributed by atoms with Crippen molar-refractivity contribution >= 4 is 24.0 Å². The Hall–Kier alpha value is -4.85. The van der Waals surface area contributed by atoms with Gasteiger partial charge in [0.05, 0.1) is 11.8 Å².